The molecule has 1 aliphatic heterocycles. The Hall–Kier alpha value is -1.94. The first-order valence-corrected chi connectivity index (χ1v) is 11.5. The van der Waals surface area contributed by atoms with Gasteiger partial charge in [0.15, 0.2) is 15.9 Å². The minimum atomic E-state index is -2.96. The molecule has 1 aromatic carbocycles. The van der Waals surface area contributed by atoms with E-state index in [-0.39, 0.29) is 22.5 Å². The molecule has 1 saturated heterocycles. The second-order valence-corrected chi connectivity index (χ2v) is 9.56. The quantitative estimate of drug-likeness (QED) is 0.606. The van der Waals surface area contributed by atoms with Crippen LogP contribution < -0.4 is 20.3 Å². The topological polar surface area (TPSA) is 111 Å². The molecule has 150 valence electrons. The van der Waals surface area contributed by atoms with Crippen LogP contribution in [0.1, 0.15) is 20.3 Å². The second-order valence-electron chi connectivity index (χ2n) is 6.04. The van der Waals surface area contributed by atoms with E-state index >= 15 is 0 Å². The maximum atomic E-state index is 12.0. The van der Waals surface area contributed by atoms with Crippen molar-refractivity contribution >= 4 is 33.4 Å². The third-order valence-electron chi connectivity index (χ3n) is 3.78. The largest absolute Gasteiger partial charge is 0.494 e. The zero-order chi connectivity index (χ0) is 19.9. The Morgan fingerprint density at radius 1 is 1.22 bits per heavy atom. The lowest BCUT2D eigenvalue weighted by molar-refractivity contribution is -0.131. The summed E-state index contributed by atoms with van der Waals surface area (Å²) in [5.74, 6) is 0.672. The Morgan fingerprint density at radius 2 is 1.89 bits per heavy atom. The highest BCUT2D eigenvalue weighted by Gasteiger charge is 2.28. The molecule has 1 heterocycles. The second kappa shape index (κ2) is 9.84. The minimum Gasteiger partial charge on any atom is -0.494 e. The Morgan fingerprint density at radius 3 is 2.48 bits per heavy atom. The van der Waals surface area contributed by atoms with Crippen LogP contribution in [0.25, 0.3) is 0 Å². The van der Waals surface area contributed by atoms with E-state index in [1.807, 2.05) is 6.92 Å². The number of amides is 2. The first-order valence-electron chi connectivity index (χ1n) is 8.59. The number of sulfone groups is 1. The van der Waals surface area contributed by atoms with Gasteiger partial charge in [-0.3, -0.25) is 20.4 Å². The van der Waals surface area contributed by atoms with Crippen molar-refractivity contribution in [1.82, 2.24) is 10.9 Å². The maximum Gasteiger partial charge on any atom is 0.279 e. The number of ether oxygens (including phenoxy) is 2. The number of carbonyl (C=O) groups is 2. The molecule has 0 unspecified atom stereocenters. The average molecular weight is 417 g/mol. The van der Waals surface area contributed by atoms with Gasteiger partial charge in [0.2, 0.25) is 5.91 Å². The van der Waals surface area contributed by atoms with Gasteiger partial charge >= 0.3 is 0 Å². The smallest absolute Gasteiger partial charge is 0.279 e. The van der Waals surface area contributed by atoms with Crippen LogP contribution in [0.15, 0.2) is 24.3 Å². The van der Waals surface area contributed by atoms with Crippen molar-refractivity contribution in [3.05, 3.63) is 24.3 Å². The summed E-state index contributed by atoms with van der Waals surface area (Å²) in [5.41, 5.74) is 4.62. The summed E-state index contributed by atoms with van der Waals surface area (Å²) >= 11 is 1.28. The summed E-state index contributed by atoms with van der Waals surface area (Å²) in [4.78, 5) is 23.8. The van der Waals surface area contributed by atoms with Crippen LogP contribution >= 0.6 is 11.8 Å². The summed E-state index contributed by atoms with van der Waals surface area (Å²) in [5, 5.41) is -0.0710. The molecule has 27 heavy (non-hydrogen) atoms. The molecule has 10 heteroatoms. The molecule has 2 atom stereocenters. The zero-order valence-corrected chi connectivity index (χ0v) is 16.9. The Balaban J connectivity index is 1.68. The molecule has 0 radical (unpaired) electrons. The monoisotopic (exact) mass is 416 g/mol. The number of hydrazine groups is 1. The van der Waals surface area contributed by atoms with Crippen molar-refractivity contribution in [2.45, 2.75) is 31.6 Å². The van der Waals surface area contributed by atoms with Gasteiger partial charge in [0.05, 0.1) is 23.9 Å². The summed E-state index contributed by atoms with van der Waals surface area (Å²) in [6.45, 7) is 4.02. The van der Waals surface area contributed by atoms with Gasteiger partial charge in [-0.1, -0.05) is 0 Å². The van der Waals surface area contributed by atoms with Crippen molar-refractivity contribution in [3.63, 3.8) is 0 Å². The van der Waals surface area contributed by atoms with Gasteiger partial charge < -0.3 is 9.47 Å². The number of rotatable bonds is 8. The fraction of sp³-hybridized carbons (Fsp3) is 0.529. The third kappa shape index (κ3) is 7.30. The van der Waals surface area contributed by atoms with Crippen LogP contribution in [0.2, 0.25) is 0 Å². The van der Waals surface area contributed by atoms with Gasteiger partial charge in [0, 0.05) is 5.25 Å². The van der Waals surface area contributed by atoms with E-state index in [9.17, 15) is 18.0 Å². The summed E-state index contributed by atoms with van der Waals surface area (Å²) in [6, 6.07) is 6.87. The molecule has 2 N–H and O–H groups in total. The fourth-order valence-electron chi connectivity index (χ4n) is 2.39. The lowest BCUT2D eigenvalue weighted by Crippen LogP contribution is -2.47. The molecule has 0 aromatic heterocycles. The Bertz CT molecular complexity index is 751. The molecule has 8 nitrogen and oxygen atoms in total. The molecule has 2 amide bonds. The highest BCUT2D eigenvalue weighted by Crippen LogP contribution is 2.24. The van der Waals surface area contributed by atoms with E-state index in [4.69, 9.17) is 9.47 Å². The first kappa shape index (κ1) is 21.4. The minimum absolute atomic E-state index is 0.0710. The molecule has 1 fully saturated rings. The number of benzene rings is 1. The lowest BCUT2D eigenvalue weighted by Gasteiger charge is -2.15. The standard InChI is InChI=1S/C17H24N2O6S2/c1-3-24-13-4-6-14(7-5-13)25-12(2)17(21)19-18-16(20)10-26-15-8-9-27(22,23)11-15/h4-7,12,15H,3,8-11H2,1-2H3,(H,18,20)(H,19,21)/t12-,15+/m1/s1. The predicted octanol–water partition coefficient (Wildman–Crippen LogP) is 0.920. The van der Waals surface area contributed by atoms with E-state index in [1.54, 1.807) is 31.2 Å². The van der Waals surface area contributed by atoms with Crippen LogP contribution in [-0.2, 0) is 19.4 Å². The molecule has 0 spiro atoms. The van der Waals surface area contributed by atoms with Crippen LogP contribution in [0.5, 0.6) is 11.5 Å². The summed E-state index contributed by atoms with van der Waals surface area (Å²) in [7, 11) is -2.96. The number of carbonyl (C=O) groups excluding carboxylic acids is 2. The number of hydrogen-bond acceptors (Lipinski definition) is 7. The van der Waals surface area contributed by atoms with E-state index in [1.165, 1.54) is 11.8 Å². The van der Waals surface area contributed by atoms with Crippen LogP contribution in [0, 0.1) is 0 Å². The highest BCUT2D eigenvalue weighted by molar-refractivity contribution is 8.02. The normalized spacial score (nSPS) is 19.1. The van der Waals surface area contributed by atoms with Gasteiger partial charge in [-0.05, 0) is 44.5 Å². The van der Waals surface area contributed by atoms with Gasteiger partial charge in [0.1, 0.15) is 11.5 Å². The Kier molecular flexibility index (Phi) is 7.78. The number of thioether (sulfide) groups is 1. The predicted molar refractivity (Wildman–Crippen MR) is 104 cm³/mol. The zero-order valence-electron chi connectivity index (χ0n) is 15.3. The van der Waals surface area contributed by atoms with Crippen molar-refractivity contribution in [1.29, 1.82) is 0 Å². The molecule has 2 rings (SSSR count). The lowest BCUT2D eigenvalue weighted by atomic mass is 10.3. The maximum absolute atomic E-state index is 12.0. The van der Waals surface area contributed by atoms with Gasteiger partial charge in [-0.25, -0.2) is 8.42 Å². The molecule has 0 saturated carbocycles. The summed E-state index contributed by atoms with van der Waals surface area (Å²) in [6.07, 6.45) is -0.254. The van der Waals surface area contributed by atoms with E-state index < -0.39 is 27.8 Å². The number of nitrogens with one attached hydrogen (secondary N) is 2. The van der Waals surface area contributed by atoms with E-state index in [0.29, 0.717) is 24.5 Å². The summed E-state index contributed by atoms with van der Waals surface area (Å²) < 4.78 is 33.6. The molecular weight excluding hydrogens is 392 g/mol. The van der Waals surface area contributed by atoms with Crippen molar-refractivity contribution in [3.8, 4) is 11.5 Å². The Labute approximate surface area is 163 Å². The van der Waals surface area contributed by atoms with Crippen LogP contribution in [0.4, 0.5) is 0 Å². The van der Waals surface area contributed by atoms with Crippen molar-refractivity contribution in [2.75, 3.05) is 23.9 Å². The molecular formula is C17H24N2O6S2. The first-order chi connectivity index (χ1) is 12.8. The highest BCUT2D eigenvalue weighted by atomic mass is 32.2. The van der Waals surface area contributed by atoms with Crippen molar-refractivity contribution < 1.29 is 27.5 Å². The molecule has 1 aliphatic rings. The molecule has 0 bridgehead atoms. The third-order valence-corrected chi connectivity index (χ3v) is 7.06. The van der Waals surface area contributed by atoms with Crippen molar-refractivity contribution in [2.24, 2.45) is 0 Å². The van der Waals surface area contributed by atoms with Gasteiger partial charge in [-0.15, -0.1) is 11.8 Å². The average Bonchev–Trinajstić information content (AvgIpc) is 2.98. The van der Waals surface area contributed by atoms with E-state index in [2.05, 4.69) is 10.9 Å². The van der Waals surface area contributed by atoms with Gasteiger partial charge in [-0.2, -0.15) is 0 Å². The number of hydrogen-bond donors (Lipinski definition) is 2. The van der Waals surface area contributed by atoms with Gasteiger partial charge in [0.25, 0.3) is 5.91 Å². The van der Waals surface area contributed by atoms with E-state index in [0.717, 1.165) is 0 Å². The SMILES string of the molecule is CCOc1ccc(O[C@H](C)C(=O)NNC(=O)CS[C@H]2CCS(=O)(=O)C2)cc1. The molecule has 0 aliphatic carbocycles. The van der Waals surface area contributed by atoms with Crippen LogP contribution in [-0.4, -0.2) is 55.5 Å². The van der Waals surface area contributed by atoms with Crippen LogP contribution in [0.3, 0.4) is 0 Å². The molecule has 1 aromatic rings. The fourth-order valence-corrected chi connectivity index (χ4v) is 5.84.